The van der Waals surface area contributed by atoms with Crippen LogP contribution in [0.5, 0.6) is 0 Å². The molecule has 0 aliphatic carbocycles. The Morgan fingerprint density at radius 2 is 1.77 bits per heavy atom. The molecule has 2 amide bonds. The van der Waals surface area contributed by atoms with Gasteiger partial charge in [0.2, 0.25) is 5.91 Å². The Morgan fingerprint density at radius 3 is 2.53 bits per heavy atom. The van der Waals surface area contributed by atoms with E-state index in [1.807, 2.05) is 61.5 Å². The number of para-hydroxylation sites is 1. The highest BCUT2D eigenvalue weighted by molar-refractivity contribution is 8.00. The van der Waals surface area contributed by atoms with Gasteiger partial charge in [-0.15, -0.1) is 11.8 Å². The summed E-state index contributed by atoms with van der Waals surface area (Å²) < 4.78 is 2.08. The van der Waals surface area contributed by atoms with E-state index in [0.717, 1.165) is 22.5 Å². The third kappa shape index (κ3) is 4.06. The van der Waals surface area contributed by atoms with Crippen LogP contribution in [0.15, 0.2) is 77.7 Å². The molecule has 0 bridgehead atoms. The lowest BCUT2D eigenvalue weighted by Gasteiger charge is -2.10. The van der Waals surface area contributed by atoms with Gasteiger partial charge in [-0.1, -0.05) is 30.3 Å². The van der Waals surface area contributed by atoms with Gasteiger partial charge in [0.15, 0.2) is 0 Å². The third-order valence-electron chi connectivity index (χ3n) is 4.60. The Kier molecular flexibility index (Phi) is 5.54. The number of amides is 2. The van der Waals surface area contributed by atoms with Crippen molar-refractivity contribution in [1.82, 2.24) is 9.55 Å². The Balaban J connectivity index is 1.61. The Hall–Kier alpha value is -3.58. The van der Waals surface area contributed by atoms with Gasteiger partial charge in [-0.25, -0.2) is 4.98 Å². The number of nitrogens with one attached hydrogen (secondary N) is 1. The lowest BCUT2D eigenvalue weighted by molar-refractivity contribution is -0.115. The number of fused-ring (bicyclic) bond motifs is 1. The molecule has 0 saturated carbocycles. The summed E-state index contributed by atoms with van der Waals surface area (Å²) in [5.41, 5.74) is 9.18. The highest BCUT2D eigenvalue weighted by Crippen LogP contribution is 2.26. The van der Waals surface area contributed by atoms with Crippen LogP contribution in [0.3, 0.4) is 0 Å². The largest absolute Gasteiger partial charge is 0.369 e. The summed E-state index contributed by atoms with van der Waals surface area (Å²) in [5, 5.41) is 2.93. The first-order valence-corrected chi connectivity index (χ1v) is 10.4. The predicted molar refractivity (Wildman–Crippen MR) is 120 cm³/mol. The maximum atomic E-state index is 12.8. The van der Waals surface area contributed by atoms with Crippen molar-refractivity contribution in [2.75, 3.05) is 11.1 Å². The molecule has 1 aromatic heterocycles. The van der Waals surface area contributed by atoms with E-state index >= 15 is 0 Å². The molecule has 4 aromatic rings. The number of carbonyl (C=O) groups is 2. The summed E-state index contributed by atoms with van der Waals surface area (Å²) in [7, 11) is 0. The minimum atomic E-state index is -0.426. The Morgan fingerprint density at radius 1 is 1.03 bits per heavy atom. The zero-order valence-electron chi connectivity index (χ0n) is 16.3. The van der Waals surface area contributed by atoms with Gasteiger partial charge in [0.1, 0.15) is 5.82 Å². The number of anilines is 1. The molecule has 3 aromatic carbocycles. The van der Waals surface area contributed by atoms with Crippen molar-refractivity contribution >= 4 is 40.3 Å². The molecule has 1 heterocycles. The topological polar surface area (TPSA) is 90.0 Å². The number of primary amides is 1. The molecular formula is C23H20N4O2S. The molecule has 6 nitrogen and oxygen atoms in total. The van der Waals surface area contributed by atoms with Crippen LogP contribution in [-0.4, -0.2) is 27.1 Å². The first-order valence-electron chi connectivity index (χ1n) is 9.39. The van der Waals surface area contributed by atoms with Crippen molar-refractivity contribution in [2.45, 2.75) is 11.8 Å². The second-order valence-corrected chi connectivity index (χ2v) is 7.76. The van der Waals surface area contributed by atoms with E-state index < -0.39 is 5.91 Å². The van der Waals surface area contributed by atoms with Gasteiger partial charge >= 0.3 is 0 Å². The molecule has 0 radical (unpaired) electrons. The molecule has 3 N–H and O–H groups in total. The molecule has 4 rings (SSSR count). The van der Waals surface area contributed by atoms with E-state index in [9.17, 15) is 9.59 Å². The van der Waals surface area contributed by atoms with Crippen molar-refractivity contribution in [2.24, 2.45) is 5.73 Å². The summed E-state index contributed by atoms with van der Waals surface area (Å²) >= 11 is 1.25. The van der Waals surface area contributed by atoms with Crippen LogP contribution in [0, 0.1) is 6.92 Å². The molecule has 7 heteroatoms. The summed E-state index contributed by atoms with van der Waals surface area (Å²) in [5.74, 6) is 0.311. The van der Waals surface area contributed by atoms with Gasteiger partial charge in [-0.05, 0) is 49.4 Å². The van der Waals surface area contributed by atoms with Crippen molar-refractivity contribution in [1.29, 1.82) is 0 Å². The number of thioether (sulfide) groups is 1. The number of rotatable bonds is 6. The SMILES string of the molecule is Cc1nc2cc(NC(=O)c3ccccc3SCC(N)=O)ccc2n1-c1ccccc1. The Bertz CT molecular complexity index is 1230. The van der Waals surface area contributed by atoms with Gasteiger partial charge in [0.05, 0.1) is 22.3 Å². The summed E-state index contributed by atoms with van der Waals surface area (Å²) in [6.07, 6.45) is 0. The van der Waals surface area contributed by atoms with Gasteiger partial charge in [0.25, 0.3) is 5.91 Å². The second-order valence-electron chi connectivity index (χ2n) is 6.74. The number of aryl methyl sites for hydroxylation is 1. The van der Waals surface area contributed by atoms with Crippen molar-refractivity contribution in [3.05, 3.63) is 84.2 Å². The maximum Gasteiger partial charge on any atom is 0.256 e. The standard InChI is InChI=1S/C23H20N4O2S/c1-15-25-19-13-16(11-12-20(19)27(15)17-7-3-2-4-8-17)26-23(29)18-9-5-6-10-21(18)30-14-22(24)28/h2-13H,14H2,1H3,(H2,24,28)(H,26,29). The fourth-order valence-electron chi connectivity index (χ4n) is 3.31. The molecule has 0 aliphatic heterocycles. The van der Waals surface area contributed by atoms with Crippen LogP contribution < -0.4 is 11.1 Å². The second kappa shape index (κ2) is 8.42. The molecule has 150 valence electrons. The number of benzene rings is 3. The third-order valence-corrected chi connectivity index (χ3v) is 5.69. The maximum absolute atomic E-state index is 12.8. The van der Waals surface area contributed by atoms with E-state index in [2.05, 4.69) is 14.9 Å². The number of imidazole rings is 1. The number of aromatic nitrogens is 2. The number of nitrogens with two attached hydrogens (primary N) is 1. The predicted octanol–water partition coefficient (Wildman–Crippen LogP) is 4.16. The van der Waals surface area contributed by atoms with Gasteiger partial charge in [0, 0.05) is 16.3 Å². The van der Waals surface area contributed by atoms with Crippen LogP contribution in [-0.2, 0) is 4.79 Å². The van der Waals surface area contributed by atoms with E-state index in [1.54, 1.807) is 18.2 Å². The number of carbonyl (C=O) groups excluding carboxylic acids is 2. The smallest absolute Gasteiger partial charge is 0.256 e. The summed E-state index contributed by atoms with van der Waals surface area (Å²) in [6.45, 7) is 1.96. The Labute approximate surface area is 178 Å². The zero-order valence-corrected chi connectivity index (χ0v) is 17.1. The van der Waals surface area contributed by atoms with Gasteiger partial charge < -0.3 is 11.1 Å². The normalized spacial score (nSPS) is 10.8. The van der Waals surface area contributed by atoms with Crippen molar-refractivity contribution in [3.63, 3.8) is 0 Å². The van der Waals surface area contributed by atoms with Crippen LogP contribution in [0.1, 0.15) is 16.2 Å². The summed E-state index contributed by atoms with van der Waals surface area (Å²) in [4.78, 5) is 29.3. The van der Waals surface area contributed by atoms with Crippen LogP contribution >= 0.6 is 11.8 Å². The molecule has 0 atom stereocenters. The van der Waals surface area contributed by atoms with Gasteiger partial charge in [-0.2, -0.15) is 0 Å². The number of nitrogens with zero attached hydrogens (tertiary/aromatic N) is 2. The fraction of sp³-hybridized carbons (Fsp3) is 0.0870. The molecule has 30 heavy (non-hydrogen) atoms. The van der Waals surface area contributed by atoms with E-state index in [4.69, 9.17) is 5.73 Å². The molecular weight excluding hydrogens is 396 g/mol. The lowest BCUT2D eigenvalue weighted by atomic mass is 10.2. The van der Waals surface area contributed by atoms with E-state index in [-0.39, 0.29) is 11.7 Å². The minimum Gasteiger partial charge on any atom is -0.369 e. The average Bonchev–Trinajstić information content (AvgIpc) is 3.08. The monoisotopic (exact) mass is 416 g/mol. The first-order chi connectivity index (χ1) is 14.5. The zero-order chi connectivity index (χ0) is 21.1. The highest BCUT2D eigenvalue weighted by Gasteiger charge is 2.14. The van der Waals surface area contributed by atoms with Gasteiger partial charge in [-0.3, -0.25) is 14.2 Å². The molecule has 0 saturated heterocycles. The fourth-order valence-corrected chi connectivity index (χ4v) is 4.10. The van der Waals surface area contributed by atoms with Crippen LogP contribution in [0.4, 0.5) is 5.69 Å². The first kappa shape index (κ1) is 19.7. The molecule has 0 unspecified atom stereocenters. The van der Waals surface area contributed by atoms with Crippen molar-refractivity contribution in [3.8, 4) is 5.69 Å². The lowest BCUT2D eigenvalue weighted by Crippen LogP contribution is -2.15. The average molecular weight is 417 g/mol. The highest BCUT2D eigenvalue weighted by atomic mass is 32.2. The number of hydrogen-bond donors (Lipinski definition) is 2. The molecule has 0 aliphatic rings. The van der Waals surface area contributed by atoms with Crippen molar-refractivity contribution < 1.29 is 9.59 Å². The number of hydrogen-bond acceptors (Lipinski definition) is 4. The minimum absolute atomic E-state index is 0.118. The van der Waals surface area contributed by atoms with Crippen LogP contribution in [0.2, 0.25) is 0 Å². The quantitative estimate of drug-likeness (QED) is 0.462. The van der Waals surface area contributed by atoms with Crippen LogP contribution in [0.25, 0.3) is 16.7 Å². The van der Waals surface area contributed by atoms with E-state index in [0.29, 0.717) is 16.1 Å². The molecule has 0 fully saturated rings. The van der Waals surface area contributed by atoms with E-state index in [1.165, 1.54) is 11.8 Å². The summed E-state index contributed by atoms with van der Waals surface area (Å²) in [6, 6.07) is 22.8. The molecule has 0 spiro atoms.